The zero-order chi connectivity index (χ0) is 22.5. The monoisotopic (exact) mass is 1300 g/mol. The average molecular weight is 1290 g/mol. The van der Waals surface area contributed by atoms with Gasteiger partial charge in [-0.25, -0.2) is 0 Å². The van der Waals surface area contributed by atoms with E-state index < -0.39 is 10.4 Å². The van der Waals surface area contributed by atoms with Crippen LogP contribution in [0.1, 0.15) is 0 Å². The van der Waals surface area contributed by atoms with Gasteiger partial charge in [0.25, 0.3) is 0 Å². The van der Waals surface area contributed by atoms with Gasteiger partial charge in [0.2, 0.25) is 0 Å². The molecule has 4 rings (SSSR count). The maximum absolute atomic E-state index is 11.1. The van der Waals surface area contributed by atoms with Crippen molar-refractivity contribution >= 4 is 180 Å². The third-order valence-corrected chi connectivity index (χ3v) is 9.68. The molecule has 4 aromatic rings. The standard InChI is InChI=1S/2C10H9OPSSe.ClH2PS.3Tl.6H/c11-13(12)9-5-3-8(4-6-9)10-2-1-7-14-10;12-13-11-9-5-3-8(4-6-9)10-2-1-7-14-10;1-3-2;;;;;;;;;/h2*1-7H,12H2;2H2;;;;;;;;;. The van der Waals surface area contributed by atoms with E-state index in [2.05, 4.69) is 71.6 Å². The molecule has 2 aromatic heterocycles. The van der Waals surface area contributed by atoms with Crippen molar-refractivity contribution in [1.29, 1.82) is 0 Å². The van der Waals surface area contributed by atoms with Crippen molar-refractivity contribution in [3.63, 3.8) is 0 Å². The molecule has 0 bridgehead atoms. The quantitative estimate of drug-likeness (QED) is 0.168. The first-order valence-corrected chi connectivity index (χ1v) is 20.2. The second-order valence-corrected chi connectivity index (χ2v) is 15.1. The van der Waals surface area contributed by atoms with Crippen LogP contribution in [0.4, 0.5) is 0 Å². The zero-order valence-electron chi connectivity index (χ0n) is 19.1. The van der Waals surface area contributed by atoms with Crippen molar-refractivity contribution in [2.45, 2.75) is 4.90 Å². The Morgan fingerprint density at radius 3 is 1.50 bits per heavy atom. The molecule has 0 saturated carbocycles. The zero-order valence-corrected chi connectivity index (χ0v) is 52.5. The molecule has 14 heteroatoms. The summed E-state index contributed by atoms with van der Waals surface area (Å²) in [5.41, 5.74) is 2.55. The molecule has 34 heavy (non-hydrogen) atoms. The van der Waals surface area contributed by atoms with Gasteiger partial charge in [-0.15, -0.1) is 0 Å². The number of halogens is 1. The summed E-state index contributed by atoms with van der Waals surface area (Å²) in [5, 5.41) is 0. The van der Waals surface area contributed by atoms with Gasteiger partial charge in [0.15, 0.2) is 0 Å². The number of hydrogen-bond acceptors (Lipinski definition) is 4. The average Bonchev–Trinajstić information content (AvgIpc) is 3.50. The van der Waals surface area contributed by atoms with Gasteiger partial charge in [0.05, 0.1) is 0 Å². The van der Waals surface area contributed by atoms with Gasteiger partial charge in [0, 0.05) is 0 Å². The van der Waals surface area contributed by atoms with Crippen LogP contribution in [-0.2, 0) is 10.4 Å². The Labute approximate surface area is 296 Å². The molecule has 2 heterocycles. The number of benzene rings is 2. The molecule has 2 aromatic carbocycles. The second-order valence-electron chi connectivity index (χ2n) is 5.57. The first-order chi connectivity index (χ1) is 15.1. The molecule has 0 aliphatic carbocycles. The summed E-state index contributed by atoms with van der Waals surface area (Å²) >= 11 is 2.27. The molecule has 4 atom stereocenters. The molecule has 0 spiro atoms. The summed E-state index contributed by atoms with van der Waals surface area (Å²) in [4.78, 5) is 5.29. The van der Waals surface area contributed by atoms with Crippen molar-refractivity contribution in [2.75, 3.05) is 0 Å². The minimum atomic E-state index is -0.952. The van der Waals surface area contributed by atoms with E-state index in [1.54, 1.807) is 0 Å². The van der Waals surface area contributed by atoms with Crippen LogP contribution < -0.4 is 4.18 Å². The SMILES string of the molecule is O=S(P)c1ccc(-c2ccc[se]2)cc1.PSCl.PSOc1ccc(-c2ccc[se]2)cc1.[TlH2].[TlH2].[TlH2]. The molecule has 179 valence electrons. The van der Waals surface area contributed by atoms with Gasteiger partial charge in [-0.2, -0.15) is 0 Å². The van der Waals surface area contributed by atoms with Crippen molar-refractivity contribution < 1.29 is 8.39 Å². The van der Waals surface area contributed by atoms with Crippen molar-refractivity contribution in [3.05, 3.63) is 82.7 Å². The van der Waals surface area contributed by atoms with Crippen LogP contribution in [0.15, 0.2) is 87.6 Å². The van der Waals surface area contributed by atoms with Crippen molar-refractivity contribution in [3.8, 4) is 25.8 Å². The Morgan fingerprint density at radius 1 is 0.765 bits per heavy atom. The molecule has 3 radical (unpaired) electrons. The van der Waals surface area contributed by atoms with E-state index in [4.69, 9.17) is 14.9 Å². The summed E-state index contributed by atoms with van der Waals surface area (Å²) in [5.74, 6) is 0.896. The topological polar surface area (TPSA) is 26.3 Å². The van der Waals surface area contributed by atoms with Crippen LogP contribution in [0.2, 0.25) is 0 Å². The Hall–Kier alpha value is 3.44. The van der Waals surface area contributed by atoms with E-state index in [9.17, 15) is 4.21 Å². The fourth-order valence-corrected chi connectivity index (χ4v) is 6.88. The van der Waals surface area contributed by atoms with Crippen LogP contribution >= 0.6 is 58.3 Å². The summed E-state index contributed by atoms with van der Waals surface area (Å²) in [6.07, 6.45) is 0. The van der Waals surface area contributed by atoms with E-state index in [0.29, 0.717) is 29.0 Å². The van der Waals surface area contributed by atoms with E-state index >= 15 is 0 Å². The Morgan fingerprint density at radius 2 is 1.18 bits per heavy atom. The summed E-state index contributed by atoms with van der Waals surface area (Å²) in [6, 6.07) is 24.7. The summed E-state index contributed by atoms with van der Waals surface area (Å²) < 4.78 is 19.2. The molecule has 0 fully saturated rings. The van der Waals surface area contributed by atoms with Gasteiger partial charge in [-0.3, -0.25) is 0 Å². The van der Waals surface area contributed by atoms with Gasteiger partial charge >= 0.3 is 272 Å². The van der Waals surface area contributed by atoms with E-state index in [-0.39, 0.29) is 81.9 Å². The number of rotatable bonds is 5. The Balaban J connectivity index is 0. The van der Waals surface area contributed by atoms with E-state index in [1.165, 1.54) is 31.7 Å². The number of hydrogen-bond donors (Lipinski definition) is 0. The Bertz CT molecular complexity index is 1030. The van der Waals surface area contributed by atoms with Crippen LogP contribution in [0.5, 0.6) is 5.75 Å². The molecule has 2 nitrogen and oxygen atoms in total. The first kappa shape index (κ1) is 39.6. The minimum absolute atomic E-state index is 0. The van der Waals surface area contributed by atoms with Crippen molar-refractivity contribution in [2.24, 2.45) is 0 Å². The first-order valence-electron chi connectivity index (χ1n) is 8.54. The third-order valence-electron chi connectivity index (χ3n) is 3.70. The van der Waals surface area contributed by atoms with Crippen LogP contribution in [0, 0.1) is 0 Å². The van der Waals surface area contributed by atoms with Crippen LogP contribution in [-0.4, -0.2) is 115 Å². The Kier molecular flexibility index (Phi) is 28.2. The molecule has 0 aliphatic heterocycles. The molecule has 0 amide bonds. The molecule has 4 unspecified atom stereocenters. The predicted octanol–water partition coefficient (Wildman–Crippen LogP) is 4.45. The third kappa shape index (κ3) is 15.3. The van der Waals surface area contributed by atoms with Gasteiger partial charge in [-0.05, 0) is 21.3 Å². The fraction of sp³-hybridized carbons (Fsp3) is 0. The van der Waals surface area contributed by atoms with Crippen LogP contribution in [0.3, 0.4) is 0 Å². The normalized spacial score (nSPS) is 9.88. The predicted molar refractivity (Wildman–Crippen MR) is 180 cm³/mol. The fourth-order valence-electron chi connectivity index (χ4n) is 2.37. The van der Waals surface area contributed by atoms with Gasteiger partial charge in [-0.1, -0.05) is 8.44 Å². The van der Waals surface area contributed by atoms with Gasteiger partial charge in [0.1, 0.15) is 0 Å². The van der Waals surface area contributed by atoms with Gasteiger partial charge < -0.3 is 0 Å². The summed E-state index contributed by atoms with van der Waals surface area (Å²) in [7, 11) is 12.1. The van der Waals surface area contributed by atoms with Crippen molar-refractivity contribution in [1.82, 2.24) is 0 Å². The second kappa shape index (κ2) is 24.2. The molecule has 0 N–H and O–H groups in total. The summed E-state index contributed by atoms with van der Waals surface area (Å²) in [6.45, 7) is 0. The maximum atomic E-state index is 11.1. The van der Waals surface area contributed by atoms with Crippen LogP contribution in [0.25, 0.3) is 20.0 Å². The molecular formula is C20H26ClO2P3S3Se2Tl3. The molecular weight excluding hydrogens is 1270 g/mol. The molecule has 0 saturated heterocycles. The molecule has 0 aliphatic rings. The van der Waals surface area contributed by atoms with E-state index in [1.807, 2.05) is 36.4 Å². The van der Waals surface area contributed by atoms with E-state index in [0.717, 1.165) is 21.2 Å².